The minimum Gasteiger partial charge on any atom is -0.0912 e. The summed E-state index contributed by atoms with van der Waals surface area (Å²) in [7, 11) is 0. The molecule has 0 heteroatoms. The average Bonchev–Trinajstić information content (AvgIpc) is 3.34. The smallest absolute Gasteiger partial charge is 0.00134 e. The Morgan fingerprint density at radius 2 is 1.11 bits per heavy atom. The second-order valence-corrected chi connectivity index (χ2v) is 16.2. The highest BCUT2D eigenvalue weighted by atomic mass is 14.3. The number of hydrogen-bond acceptors (Lipinski definition) is 0. The molecule has 0 nitrogen and oxygen atoms in total. The molecular formula is C62H46. The van der Waals surface area contributed by atoms with Gasteiger partial charge in [0.05, 0.1) is 0 Å². The van der Waals surface area contributed by atoms with E-state index in [1.54, 1.807) is 0 Å². The highest BCUT2D eigenvalue weighted by Gasteiger charge is 2.23. The van der Waals surface area contributed by atoms with Crippen LogP contribution in [0.15, 0.2) is 255 Å². The van der Waals surface area contributed by atoms with Crippen LogP contribution in [-0.2, 0) is 0 Å². The van der Waals surface area contributed by atoms with Crippen LogP contribution in [0, 0.1) is 0 Å². The third-order valence-corrected chi connectivity index (χ3v) is 12.3. The molecule has 10 rings (SSSR count). The molecule has 0 radical (unpaired) electrons. The van der Waals surface area contributed by atoms with Gasteiger partial charge in [-0.3, -0.25) is 0 Å². The molecule has 0 atom stereocenters. The van der Waals surface area contributed by atoms with E-state index in [0.29, 0.717) is 0 Å². The number of fused-ring (bicyclic) bond motifs is 3. The molecule has 2 aliphatic carbocycles. The van der Waals surface area contributed by atoms with Gasteiger partial charge in [0.1, 0.15) is 0 Å². The van der Waals surface area contributed by atoms with Gasteiger partial charge in [0.15, 0.2) is 0 Å². The number of hydrogen-bond donors (Lipinski definition) is 0. The van der Waals surface area contributed by atoms with Crippen LogP contribution < -0.4 is 0 Å². The molecule has 0 saturated heterocycles. The monoisotopic (exact) mass is 790 g/mol. The largest absolute Gasteiger partial charge is 0.0912 e. The van der Waals surface area contributed by atoms with Gasteiger partial charge >= 0.3 is 0 Å². The summed E-state index contributed by atoms with van der Waals surface area (Å²) >= 11 is 0. The molecule has 0 bridgehead atoms. The first-order valence-corrected chi connectivity index (χ1v) is 21.5. The topological polar surface area (TPSA) is 0 Å². The van der Waals surface area contributed by atoms with Gasteiger partial charge in [-0.1, -0.05) is 226 Å². The van der Waals surface area contributed by atoms with E-state index in [9.17, 15) is 0 Å². The Hall–Kier alpha value is -7.80. The summed E-state index contributed by atoms with van der Waals surface area (Å²) in [5.74, 6) is 0. The van der Waals surface area contributed by atoms with Gasteiger partial charge in [-0.2, -0.15) is 0 Å². The van der Waals surface area contributed by atoms with Crippen molar-refractivity contribution in [2.24, 2.45) is 0 Å². The molecule has 0 heterocycles. The van der Waals surface area contributed by atoms with E-state index in [1.807, 2.05) is 0 Å². The van der Waals surface area contributed by atoms with Crippen molar-refractivity contribution >= 4 is 54.6 Å². The molecule has 0 aliphatic heterocycles. The lowest BCUT2D eigenvalue weighted by molar-refractivity contribution is 1.26. The summed E-state index contributed by atoms with van der Waals surface area (Å²) in [6, 6.07) is 62.0. The van der Waals surface area contributed by atoms with Crippen LogP contribution in [0.25, 0.3) is 65.7 Å². The Balaban J connectivity index is 1.13. The minimum absolute atomic E-state index is 0.781. The molecule has 294 valence electrons. The maximum atomic E-state index is 4.87. The second kappa shape index (κ2) is 17.1. The molecule has 62 heavy (non-hydrogen) atoms. The number of benzene rings is 8. The molecular weight excluding hydrogens is 745 g/mol. The first-order chi connectivity index (χ1) is 30.6. The van der Waals surface area contributed by atoms with Gasteiger partial charge in [-0.25, -0.2) is 0 Å². The predicted molar refractivity (Wildman–Crippen MR) is 269 cm³/mol. The number of allylic oxidation sites excluding steroid dienone is 14. The molecule has 0 unspecified atom stereocenters. The van der Waals surface area contributed by atoms with Crippen LogP contribution in [0.2, 0.25) is 0 Å². The summed E-state index contributed by atoms with van der Waals surface area (Å²) < 4.78 is 0. The van der Waals surface area contributed by atoms with E-state index in [2.05, 4.69) is 237 Å². The zero-order valence-electron chi connectivity index (χ0n) is 34.8. The van der Waals surface area contributed by atoms with E-state index in [-0.39, 0.29) is 0 Å². The maximum Gasteiger partial charge on any atom is -0.00134 e. The predicted octanol–water partition coefficient (Wildman–Crippen LogP) is 16.7. The number of rotatable bonds is 9. The standard InChI is InChI=1S/C62H46/c1-43(15-12-18-45-16-4-3-5-17-45)46-29-31-47(32-30-46)44(2)59-27-14-28-60(56-37-34-49-20-7-10-23-52(49)40-56)62(59)61(58-38-35-50-21-8-11-24-53(50)41-58)57-26-13-25-54(42-57)55-36-33-48-19-6-9-22-51(48)39-55/h3-16,18-41H,1-2,17,42H2/b15-12-,45-18-,61-57-. The van der Waals surface area contributed by atoms with Gasteiger partial charge in [0.25, 0.3) is 0 Å². The van der Waals surface area contributed by atoms with Crippen molar-refractivity contribution in [3.05, 3.63) is 288 Å². The van der Waals surface area contributed by atoms with Crippen molar-refractivity contribution in [1.82, 2.24) is 0 Å². The van der Waals surface area contributed by atoms with Crippen molar-refractivity contribution in [2.45, 2.75) is 12.8 Å². The van der Waals surface area contributed by atoms with Crippen molar-refractivity contribution in [3.8, 4) is 11.1 Å². The first-order valence-electron chi connectivity index (χ1n) is 21.5. The lowest BCUT2D eigenvalue weighted by Gasteiger charge is -2.25. The quantitative estimate of drug-likeness (QED) is 0.128. The van der Waals surface area contributed by atoms with Crippen LogP contribution >= 0.6 is 0 Å². The molecule has 0 amide bonds. The Kier molecular flexibility index (Phi) is 10.6. The summed E-state index contributed by atoms with van der Waals surface area (Å²) in [5, 5.41) is 7.37. The third kappa shape index (κ3) is 7.83. The molecule has 0 saturated carbocycles. The summed E-state index contributed by atoms with van der Waals surface area (Å²) in [4.78, 5) is 0. The van der Waals surface area contributed by atoms with Crippen molar-refractivity contribution < 1.29 is 0 Å². The van der Waals surface area contributed by atoms with Crippen LogP contribution in [0.1, 0.15) is 46.2 Å². The van der Waals surface area contributed by atoms with E-state index in [1.165, 1.54) is 82.4 Å². The molecule has 2 aliphatic rings. The van der Waals surface area contributed by atoms with Gasteiger partial charge in [-0.05, 0) is 141 Å². The lowest BCUT2D eigenvalue weighted by Crippen LogP contribution is -2.04. The first kappa shape index (κ1) is 38.4. The van der Waals surface area contributed by atoms with Crippen LogP contribution in [-0.4, -0.2) is 0 Å². The zero-order valence-corrected chi connectivity index (χ0v) is 34.8. The van der Waals surface area contributed by atoms with Gasteiger partial charge in [0, 0.05) is 0 Å². The lowest BCUT2D eigenvalue weighted by atomic mass is 9.79. The molecule has 0 N–H and O–H groups in total. The SMILES string of the molecule is C=C(/C=C\C=C1\C=CC=CC1)c1ccc(C(=C)c2cccc(-c3ccc4ccccc4c3)c2/C(=C2/C=CC=C(c3ccc4ccccc4c3)C2)c2ccc3ccccc3c2)cc1. The molecule has 0 spiro atoms. The summed E-state index contributed by atoms with van der Waals surface area (Å²) in [5.41, 5.74) is 16.2. The third-order valence-electron chi connectivity index (χ3n) is 12.3. The summed E-state index contributed by atoms with van der Waals surface area (Å²) in [6.07, 6.45) is 23.4. The van der Waals surface area contributed by atoms with Gasteiger partial charge in [0.2, 0.25) is 0 Å². The Morgan fingerprint density at radius 1 is 0.500 bits per heavy atom. The van der Waals surface area contributed by atoms with E-state index in [4.69, 9.17) is 6.58 Å². The van der Waals surface area contributed by atoms with E-state index < -0.39 is 0 Å². The molecule has 8 aromatic carbocycles. The van der Waals surface area contributed by atoms with E-state index in [0.717, 1.165) is 40.7 Å². The Morgan fingerprint density at radius 3 is 1.81 bits per heavy atom. The van der Waals surface area contributed by atoms with Gasteiger partial charge < -0.3 is 0 Å². The fourth-order valence-corrected chi connectivity index (χ4v) is 8.95. The van der Waals surface area contributed by atoms with Crippen molar-refractivity contribution in [3.63, 3.8) is 0 Å². The molecule has 8 aromatic rings. The second-order valence-electron chi connectivity index (χ2n) is 16.2. The highest BCUT2D eigenvalue weighted by Crippen LogP contribution is 2.45. The maximum absolute atomic E-state index is 4.87. The zero-order chi connectivity index (χ0) is 41.8. The normalized spacial score (nSPS) is 15.2. The summed E-state index contributed by atoms with van der Waals surface area (Å²) in [6.45, 7) is 9.28. The molecule has 0 aromatic heterocycles. The van der Waals surface area contributed by atoms with Crippen LogP contribution in [0.3, 0.4) is 0 Å². The van der Waals surface area contributed by atoms with Crippen molar-refractivity contribution in [2.75, 3.05) is 0 Å². The average molecular weight is 791 g/mol. The van der Waals surface area contributed by atoms with Crippen LogP contribution in [0.5, 0.6) is 0 Å². The highest BCUT2D eigenvalue weighted by molar-refractivity contribution is 6.02. The fourth-order valence-electron chi connectivity index (χ4n) is 8.95. The minimum atomic E-state index is 0.781. The van der Waals surface area contributed by atoms with Crippen LogP contribution in [0.4, 0.5) is 0 Å². The fraction of sp³-hybridized carbons (Fsp3) is 0.0323. The van der Waals surface area contributed by atoms with Gasteiger partial charge in [-0.15, -0.1) is 0 Å². The van der Waals surface area contributed by atoms with Crippen molar-refractivity contribution in [1.29, 1.82) is 0 Å². The Bertz CT molecular complexity index is 3290. The Labute approximate surface area is 365 Å². The molecule has 0 fully saturated rings. The van der Waals surface area contributed by atoms with E-state index >= 15 is 0 Å².